The van der Waals surface area contributed by atoms with Crippen molar-refractivity contribution in [2.45, 2.75) is 18.9 Å². The molecule has 2 heterocycles. The highest BCUT2D eigenvalue weighted by Crippen LogP contribution is 2.20. The molecule has 5 heteroatoms. The molecule has 1 aliphatic heterocycles. The summed E-state index contributed by atoms with van der Waals surface area (Å²) in [5.74, 6) is -0.0180. The van der Waals surface area contributed by atoms with Crippen molar-refractivity contribution in [3.63, 3.8) is 0 Å². The van der Waals surface area contributed by atoms with Crippen molar-refractivity contribution in [3.8, 4) is 5.69 Å². The molecule has 1 N–H and O–H groups in total. The maximum absolute atomic E-state index is 12.5. The molecule has 0 radical (unpaired) electrons. The van der Waals surface area contributed by atoms with Gasteiger partial charge in [0.05, 0.1) is 18.3 Å². The largest absolute Gasteiger partial charge is 0.394 e. The third-order valence-electron chi connectivity index (χ3n) is 3.71. The van der Waals surface area contributed by atoms with Crippen molar-refractivity contribution < 1.29 is 9.90 Å². The maximum Gasteiger partial charge on any atom is 0.254 e. The fourth-order valence-corrected chi connectivity index (χ4v) is 2.66. The predicted octanol–water partition coefficient (Wildman–Crippen LogP) is 1.47. The number of hydrogen-bond acceptors (Lipinski definition) is 3. The molecule has 1 aromatic heterocycles. The van der Waals surface area contributed by atoms with Gasteiger partial charge in [0.1, 0.15) is 0 Å². The van der Waals surface area contributed by atoms with Gasteiger partial charge in [-0.2, -0.15) is 5.10 Å². The summed E-state index contributed by atoms with van der Waals surface area (Å²) in [7, 11) is 0. The summed E-state index contributed by atoms with van der Waals surface area (Å²) < 4.78 is 1.73. The fourth-order valence-electron chi connectivity index (χ4n) is 2.66. The molecule has 20 heavy (non-hydrogen) atoms. The van der Waals surface area contributed by atoms with Crippen LogP contribution < -0.4 is 0 Å². The Morgan fingerprint density at radius 2 is 2.30 bits per heavy atom. The van der Waals surface area contributed by atoms with E-state index in [0.29, 0.717) is 5.56 Å². The third-order valence-corrected chi connectivity index (χ3v) is 3.71. The molecule has 1 fully saturated rings. The number of benzene rings is 1. The van der Waals surface area contributed by atoms with Crippen molar-refractivity contribution >= 4 is 5.91 Å². The van der Waals surface area contributed by atoms with Crippen LogP contribution in [0.15, 0.2) is 42.7 Å². The second kappa shape index (κ2) is 5.46. The number of aliphatic hydroxyl groups is 1. The topological polar surface area (TPSA) is 58.4 Å². The lowest BCUT2D eigenvalue weighted by Gasteiger charge is -2.23. The minimum atomic E-state index is -0.0455. The zero-order chi connectivity index (χ0) is 13.9. The molecule has 3 rings (SSSR count). The first kappa shape index (κ1) is 12.9. The minimum Gasteiger partial charge on any atom is -0.394 e. The lowest BCUT2D eigenvalue weighted by atomic mass is 10.1. The molecule has 5 nitrogen and oxygen atoms in total. The number of carbonyl (C=O) groups is 1. The highest BCUT2D eigenvalue weighted by atomic mass is 16.3. The van der Waals surface area contributed by atoms with Gasteiger partial charge in [0, 0.05) is 24.5 Å². The Bertz CT molecular complexity index is 595. The molecule has 1 saturated heterocycles. The lowest BCUT2D eigenvalue weighted by Crippen LogP contribution is -2.37. The van der Waals surface area contributed by atoms with Gasteiger partial charge in [0.15, 0.2) is 0 Å². The normalized spacial score (nSPS) is 18.4. The number of amides is 1. The third kappa shape index (κ3) is 2.32. The number of nitrogens with zero attached hydrogens (tertiary/aromatic N) is 3. The first-order valence-electron chi connectivity index (χ1n) is 6.81. The quantitative estimate of drug-likeness (QED) is 0.919. The van der Waals surface area contributed by atoms with Gasteiger partial charge in [-0.3, -0.25) is 4.79 Å². The predicted molar refractivity (Wildman–Crippen MR) is 74.7 cm³/mol. The van der Waals surface area contributed by atoms with E-state index in [1.807, 2.05) is 36.5 Å². The molecule has 1 amide bonds. The number of aromatic nitrogens is 2. The van der Waals surface area contributed by atoms with Crippen LogP contribution in [0.3, 0.4) is 0 Å². The lowest BCUT2D eigenvalue weighted by molar-refractivity contribution is 0.0677. The molecule has 0 aliphatic carbocycles. The van der Waals surface area contributed by atoms with Crippen molar-refractivity contribution in [3.05, 3.63) is 48.3 Å². The van der Waals surface area contributed by atoms with Gasteiger partial charge in [0.25, 0.3) is 5.91 Å². The Morgan fingerprint density at radius 1 is 1.40 bits per heavy atom. The molecule has 0 unspecified atom stereocenters. The van der Waals surface area contributed by atoms with E-state index in [9.17, 15) is 9.90 Å². The fraction of sp³-hybridized carbons (Fsp3) is 0.333. The summed E-state index contributed by atoms with van der Waals surface area (Å²) in [5, 5.41) is 13.5. The van der Waals surface area contributed by atoms with Crippen LogP contribution >= 0.6 is 0 Å². The summed E-state index contributed by atoms with van der Waals surface area (Å²) in [6, 6.07) is 9.21. The van der Waals surface area contributed by atoms with Gasteiger partial charge in [0.2, 0.25) is 0 Å². The summed E-state index contributed by atoms with van der Waals surface area (Å²) in [4.78, 5) is 14.3. The van der Waals surface area contributed by atoms with Gasteiger partial charge in [-0.15, -0.1) is 0 Å². The van der Waals surface area contributed by atoms with E-state index in [2.05, 4.69) is 5.10 Å². The Kier molecular flexibility index (Phi) is 3.52. The highest BCUT2D eigenvalue weighted by molar-refractivity contribution is 5.95. The number of aliphatic hydroxyl groups excluding tert-OH is 1. The standard InChI is InChI=1S/C15H17N3O2/c19-11-14-6-2-8-17(14)15(20)12-4-1-5-13(10-12)18-9-3-7-16-18/h1,3-5,7,9-10,14,19H,2,6,8,11H2/t14-/m0/s1. The zero-order valence-electron chi connectivity index (χ0n) is 11.1. The Hall–Kier alpha value is -2.14. The maximum atomic E-state index is 12.5. The smallest absolute Gasteiger partial charge is 0.254 e. The van der Waals surface area contributed by atoms with Crippen LogP contribution in [0, 0.1) is 0 Å². The van der Waals surface area contributed by atoms with Crippen LogP contribution in [0.1, 0.15) is 23.2 Å². The van der Waals surface area contributed by atoms with Crippen LogP contribution in [0.4, 0.5) is 0 Å². The van der Waals surface area contributed by atoms with Crippen molar-refractivity contribution in [2.24, 2.45) is 0 Å². The van der Waals surface area contributed by atoms with Crippen LogP contribution in [-0.4, -0.2) is 44.9 Å². The first-order valence-corrected chi connectivity index (χ1v) is 6.81. The van der Waals surface area contributed by atoms with Gasteiger partial charge in [-0.25, -0.2) is 4.68 Å². The highest BCUT2D eigenvalue weighted by Gasteiger charge is 2.28. The van der Waals surface area contributed by atoms with Crippen LogP contribution in [-0.2, 0) is 0 Å². The van der Waals surface area contributed by atoms with Crippen LogP contribution in [0.5, 0.6) is 0 Å². The van der Waals surface area contributed by atoms with E-state index in [-0.39, 0.29) is 18.6 Å². The van der Waals surface area contributed by atoms with Gasteiger partial charge in [-0.05, 0) is 37.1 Å². The molecule has 1 aromatic carbocycles. The summed E-state index contributed by atoms with van der Waals surface area (Å²) in [6.45, 7) is 0.751. The molecular weight excluding hydrogens is 254 g/mol. The molecular formula is C15H17N3O2. The SMILES string of the molecule is O=C(c1cccc(-n2cccn2)c1)N1CCC[C@H]1CO. The number of carbonyl (C=O) groups excluding carboxylic acids is 1. The van der Waals surface area contributed by atoms with E-state index in [1.54, 1.807) is 15.8 Å². The first-order chi connectivity index (χ1) is 9.79. The monoisotopic (exact) mass is 271 g/mol. The molecule has 0 bridgehead atoms. The Balaban J connectivity index is 1.87. The van der Waals surface area contributed by atoms with Crippen LogP contribution in [0.25, 0.3) is 5.69 Å². The summed E-state index contributed by atoms with van der Waals surface area (Å²) >= 11 is 0. The second-order valence-electron chi connectivity index (χ2n) is 4.98. The molecule has 0 saturated carbocycles. The minimum absolute atomic E-state index is 0.0180. The van der Waals surface area contributed by atoms with Gasteiger partial charge in [-0.1, -0.05) is 6.07 Å². The van der Waals surface area contributed by atoms with Crippen molar-refractivity contribution in [2.75, 3.05) is 13.2 Å². The van der Waals surface area contributed by atoms with E-state index in [1.165, 1.54) is 0 Å². The number of hydrogen-bond donors (Lipinski definition) is 1. The Labute approximate surface area is 117 Å². The summed E-state index contributed by atoms with van der Waals surface area (Å²) in [6.07, 6.45) is 5.38. The van der Waals surface area contributed by atoms with Crippen molar-refractivity contribution in [1.82, 2.24) is 14.7 Å². The molecule has 104 valence electrons. The van der Waals surface area contributed by atoms with Gasteiger partial charge >= 0.3 is 0 Å². The molecule has 2 aromatic rings. The second-order valence-corrected chi connectivity index (χ2v) is 4.98. The van der Waals surface area contributed by atoms with Gasteiger partial charge < -0.3 is 10.0 Å². The zero-order valence-corrected chi connectivity index (χ0v) is 11.1. The van der Waals surface area contributed by atoms with E-state index >= 15 is 0 Å². The Morgan fingerprint density at radius 3 is 3.05 bits per heavy atom. The van der Waals surface area contributed by atoms with E-state index < -0.39 is 0 Å². The van der Waals surface area contributed by atoms with E-state index in [4.69, 9.17) is 0 Å². The summed E-state index contributed by atoms with van der Waals surface area (Å²) in [5.41, 5.74) is 1.50. The molecule has 0 spiro atoms. The number of rotatable bonds is 3. The van der Waals surface area contributed by atoms with E-state index in [0.717, 1.165) is 25.1 Å². The molecule has 1 aliphatic rings. The average molecular weight is 271 g/mol. The van der Waals surface area contributed by atoms with Crippen LogP contribution in [0.2, 0.25) is 0 Å². The number of likely N-dealkylation sites (tertiary alicyclic amines) is 1. The average Bonchev–Trinajstić information content (AvgIpc) is 3.17. The molecule has 1 atom stereocenters. The van der Waals surface area contributed by atoms with Crippen molar-refractivity contribution in [1.29, 1.82) is 0 Å².